The van der Waals surface area contributed by atoms with Crippen LogP contribution < -0.4 is 5.32 Å². The van der Waals surface area contributed by atoms with Gasteiger partial charge in [-0.05, 0) is 36.4 Å². The van der Waals surface area contributed by atoms with E-state index in [9.17, 15) is 4.39 Å². The highest BCUT2D eigenvalue weighted by Gasteiger charge is 2.07. The number of fused-ring (bicyclic) bond motifs is 1. The molecule has 140 valence electrons. The average molecular weight is 382 g/mol. The monoisotopic (exact) mass is 382 g/mol. The predicted molar refractivity (Wildman–Crippen MR) is 110 cm³/mol. The normalized spacial score (nSPS) is 10.9. The number of aromatic nitrogens is 5. The van der Waals surface area contributed by atoms with Crippen molar-refractivity contribution in [2.75, 3.05) is 5.32 Å². The molecule has 0 unspecified atom stereocenters. The first-order chi connectivity index (χ1) is 14.2. The van der Waals surface area contributed by atoms with Crippen LogP contribution in [0.15, 0.2) is 79.1 Å². The standard InChI is InChI=1S/C22H15FN6/c23-20-10-4-9-17(27-20)15-12-24-22(25-13-15)26-16-6-3-5-14(11-16)21-28-18-7-1-2-8-19(18)29-21/h1-13H,(H,28,29)(H,24,25,26). The van der Waals surface area contributed by atoms with Gasteiger partial charge in [0.05, 0.1) is 16.7 Å². The first-order valence-electron chi connectivity index (χ1n) is 9.02. The minimum atomic E-state index is -0.535. The van der Waals surface area contributed by atoms with Crippen LogP contribution in [0.2, 0.25) is 0 Å². The Morgan fingerprint density at radius 3 is 2.45 bits per heavy atom. The molecule has 0 aliphatic rings. The maximum atomic E-state index is 13.3. The Morgan fingerprint density at radius 1 is 0.793 bits per heavy atom. The van der Waals surface area contributed by atoms with Gasteiger partial charge in [0, 0.05) is 29.2 Å². The number of nitrogens with one attached hydrogen (secondary N) is 2. The van der Waals surface area contributed by atoms with Crippen molar-refractivity contribution < 1.29 is 4.39 Å². The van der Waals surface area contributed by atoms with Crippen LogP contribution in [0.4, 0.5) is 16.0 Å². The fourth-order valence-corrected chi connectivity index (χ4v) is 3.06. The summed E-state index contributed by atoms with van der Waals surface area (Å²) >= 11 is 0. The molecule has 0 atom stereocenters. The van der Waals surface area contributed by atoms with E-state index in [1.807, 2.05) is 48.5 Å². The van der Waals surface area contributed by atoms with Gasteiger partial charge in [0.15, 0.2) is 0 Å². The molecule has 3 heterocycles. The quantitative estimate of drug-likeness (QED) is 0.429. The average Bonchev–Trinajstić information content (AvgIpc) is 3.19. The van der Waals surface area contributed by atoms with Gasteiger partial charge in [-0.15, -0.1) is 0 Å². The van der Waals surface area contributed by atoms with Crippen LogP contribution in [-0.4, -0.2) is 24.9 Å². The Hall–Kier alpha value is -4.13. The third kappa shape index (κ3) is 3.53. The molecule has 2 N–H and O–H groups in total. The number of aromatic amines is 1. The highest BCUT2D eigenvalue weighted by atomic mass is 19.1. The zero-order valence-corrected chi connectivity index (χ0v) is 15.2. The summed E-state index contributed by atoms with van der Waals surface area (Å²) in [7, 11) is 0. The van der Waals surface area contributed by atoms with Crippen LogP contribution in [0.5, 0.6) is 0 Å². The third-order valence-corrected chi connectivity index (χ3v) is 4.44. The second kappa shape index (κ2) is 7.12. The molecule has 0 amide bonds. The lowest BCUT2D eigenvalue weighted by molar-refractivity contribution is 0.585. The van der Waals surface area contributed by atoms with E-state index in [2.05, 4.69) is 30.2 Å². The number of hydrogen-bond donors (Lipinski definition) is 2. The number of benzene rings is 2. The molecule has 29 heavy (non-hydrogen) atoms. The van der Waals surface area contributed by atoms with Crippen molar-refractivity contribution in [3.8, 4) is 22.6 Å². The molecule has 6 nitrogen and oxygen atoms in total. The minimum absolute atomic E-state index is 0.437. The number of anilines is 2. The molecule has 0 saturated carbocycles. The van der Waals surface area contributed by atoms with E-state index >= 15 is 0 Å². The largest absolute Gasteiger partial charge is 0.338 e. The van der Waals surface area contributed by atoms with E-state index in [0.717, 1.165) is 28.1 Å². The molecular weight excluding hydrogens is 367 g/mol. The van der Waals surface area contributed by atoms with E-state index < -0.39 is 5.95 Å². The summed E-state index contributed by atoms with van der Waals surface area (Å²) in [6.07, 6.45) is 3.22. The molecule has 0 aliphatic carbocycles. The third-order valence-electron chi connectivity index (χ3n) is 4.44. The molecule has 0 fully saturated rings. The van der Waals surface area contributed by atoms with Crippen LogP contribution in [0, 0.1) is 5.95 Å². The smallest absolute Gasteiger partial charge is 0.227 e. The Balaban J connectivity index is 1.39. The van der Waals surface area contributed by atoms with Crippen molar-refractivity contribution in [1.82, 2.24) is 24.9 Å². The number of pyridine rings is 1. The van der Waals surface area contributed by atoms with Crippen molar-refractivity contribution in [2.45, 2.75) is 0 Å². The fraction of sp³-hybridized carbons (Fsp3) is 0. The second-order valence-electron chi connectivity index (χ2n) is 6.45. The SMILES string of the molecule is Fc1cccc(-c2cnc(Nc3cccc(-c4nc5ccccc5[nH]4)c3)nc2)n1. The van der Waals surface area contributed by atoms with Crippen LogP contribution in [0.1, 0.15) is 0 Å². The van der Waals surface area contributed by atoms with Crippen molar-refractivity contribution in [1.29, 1.82) is 0 Å². The van der Waals surface area contributed by atoms with Gasteiger partial charge in [-0.3, -0.25) is 0 Å². The number of rotatable bonds is 4. The zero-order chi connectivity index (χ0) is 19.6. The molecular formula is C22H15FN6. The molecule has 0 bridgehead atoms. The second-order valence-corrected chi connectivity index (χ2v) is 6.45. The van der Waals surface area contributed by atoms with E-state index in [1.165, 1.54) is 6.07 Å². The highest BCUT2D eigenvalue weighted by molar-refractivity contribution is 5.80. The molecule has 0 aliphatic heterocycles. The molecule has 3 aromatic heterocycles. The number of nitrogens with zero attached hydrogens (tertiary/aromatic N) is 4. The summed E-state index contributed by atoms with van der Waals surface area (Å²) in [5.41, 5.74) is 4.83. The maximum absolute atomic E-state index is 13.3. The Bertz CT molecular complexity index is 1260. The highest BCUT2D eigenvalue weighted by Crippen LogP contribution is 2.24. The van der Waals surface area contributed by atoms with Gasteiger partial charge in [-0.25, -0.2) is 19.9 Å². The number of H-pyrrole nitrogens is 1. The summed E-state index contributed by atoms with van der Waals surface area (Å²) in [5, 5.41) is 3.18. The van der Waals surface area contributed by atoms with Crippen LogP contribution >= 0.6 is 0 Å². The Morgan fingerprint density at radius 2 is 1.62 bits per heavy atom. The number of para-hydroxylation sites is 2. The van der Waals surface area contributed by atoms with E-state index in [1.54, 1.807) is 24.5 Å². The minimum Gasteiger partial charge on any atom is -0.338 e. The van der Waals surface area contributed by atoms with Crippen molar-refractivity contribution in [2.24, 2.45) is 0 Å². The molecule has 2 aromatic carbocycles. The predicted octanol–water partition coefficient (Wildman–Crippen LogP) is 4.96. The molecule has 7 heteroatoms. The van der Waals surface area contributed by atoms with E-state index in [-0.39, 0.29) is 0 Å². The maximum Gasteiger partial charge on any atom is 0.227 e. The van der Waals surface area contributed by atoms with Gasteiger partial charge in [-0.1, -0.05) is 30.3 Å². The molecule has 5 aromatic rings. The number of halogens is 1. The van der Waals surface area contributed by atoms with Gasteiger partial charge < -0.3 is 10.3 Å². The van der Waals surface area contributed by atoms with Crippen LogP contribution in [0.25, 0.3) is 33.7 Å². The van der Waals surface area contributed by atoms with Crippen molar-refractivity contribution in [3.63, 3.8) is 0 Å². The van der Waals surface area contributed by atoms with Gasteiger partial charge >= 0.3 is 0 Å². The van der Waals surface area contributed by atoms with Crippen molar-refractivity contribution in [3.05, 3.63) is 85.1 Å². The summed E-state index contributed by atoms with van der Waals surface area (Å²) in [4.78, 5) is 20.4. The van der Waals surface area contributed by atoms with Gasteiger partial charge in [-0.2, -0.15) is 4.39 Å². The van der Waals surface area contributed by atoms with Gasteiger partial charge in [0.2, 0.25) is 11.9 Å². The Kier molecular flexibility index (Phi) is 4.18. The van der Waals surface area contributed by atoms with Crippen LogP contribution in [0.3, 0.4) is 0 Å². The molecule has 5 rings (SSSR count). The van der Waals surface area contributed by atoms with Gasteiger partial charge in [0.1, 0.15) is 5.82 Å². The lowest BCUT2D eigenvalue weighted by Crippen LogP contribution is -1.98. The van der Waals surface area contributed by atoms with E-state index in [4.69, 9.17) is 0 Å². The summed E-state index contributed by atoms with van der Waals surface area (Å²) in [5.74, 6) is 0.697. The summed E-state index contributed by atoms with van der Waals surface area (Å²) in [6.45, 7) is 0. The van der Waals surface area contributed by atoms with Gasteiger partial charge in [0.25, 0.3) is 0 Å². The van der Waals surface area contributed by atoms with E-state index in [0.29, 0.717) is 17.2 Å². The fourth-order valence-electron chi connectivity index (χ4n) is 3.06. The first kappa shape index (κ1) is 17.0. The molecule has 0 saturated heterocycles. The van der Waals surface area contributed by atoms with Crippen molar-refractivity contribution >= 4 is 22.7 Å². The van der Waals surface area contributed by atoms with Crippen LogP contribution in [-0.2, 0) is 0 Å². The summed E-state index contributed by atoms with van der Waals surface area (Å²) < 4.78 is 13.3. The summed E-state index contributed by atoms with van der Waals surface area (Å²) in [6, 6.07) is 20.4. The lowest BCUT2D eigenvalue weighted by atomic mass is 10.2. The molecule has 0 spiro atoms. The zero-order valence-electron chi connectivity index (χ0n) is 15.2. The first-order valence-corrected chi connectivity index (χ1v) is 9.02. The lowest BCUT2D eigenvalue weighted by Gasteiger charge is -2.07. The number of imidazole rings is 1. The Labute approximate surface area is 165 Å². The number of hydrogen-bond acceptors (Lipinski definition) is 5. The molecule has 0 radical (unpaired) electrons. The topological polar surface area (TPSA) is 79.4 Å².